The molecular weight excluding hydrogens is 312 g/mol. The highest BCUT2D eigenvalue weighted by atomic mass is 16.5. The molecule has 4 heteroatoms. The Balaban J connectivity index is 1.60. The quantitative estimate of drug-likeness (QED) is 0.755. The van der Waals surface area contributed by atoms with E-state index in [1.54, 1.807) is 30.3 Å². The zero-order chi connectivity index (χ0) is 17.5. The average Bonchev–Trinajstić information content (AvgIpc) is 2.67. The Kier molecular flexibility index (Phi) is 5.08. The minimum absolute atomic E-state index is 0.152. The maximum Gasteiger partial charge on any atom is 0.255 e. The molecule has 0 radical (unpaired) electrons. The van der Waals surface area contributed by atoms with E-state index in [9.17, 15) is 4.79 Å². The van der Waals surface area contributed by atoms with E-state index in [-0.39, 0.29) is 5.91 Å². The lowest BCUT2D eigenvalue weighted by Crippen LogP contribution is -2.11. The fourth-order valence-electron chi connectivity index (χ4n) is 2.30. The van der Waals surface area contributed by atoms with E-state index >= 15 is 0 Å². The molecule has 1 N–H and O–H groups in total. The van der Waals surface area contributed by atoms with Gasteiger partial charge in [0, 0.05) is 11.3 Å². The number of nitrogens with zero attached hydrogens (tertiary/aromatic N) is 1. The third kappa shape index (κ3) is 4.46. The van der Waals surface area contributed by atoms with Crippen molar-refractivity contribution in [3.8, 4) is 11.8 Å². The van der Waals surface area contributed by atoms with Gasteiger partial charge in [-0.05, 0) is 48.0 Å². The van der Waals surface area contributed by atoms with E-state index < -0.39 is 0 Å². The molecule has 0 bridgehead atoms. The Morgan fingerprint density at radius 3 is 2.44 bits per heavy atom. The lowest BCUT2D eigenvalue weighted by molar-refractivity contribution is 0.102. The van der Waals surface area contributed by atoms with Gasteiger partial charge < -0.3 is 10.1 Å². The van der Waals surface area contributed by atoms with Gasteiger partial charge in [-0.25, -0.2) is 0 Å². The van der Waals surface area contributed by atoms with Gasteiger partial charge in [-0.15, -0.1) is 0 Å². The molecule has 0 spiro atoms. The molecule has 0 unspecified atom stereocenters. The van der Waals surface area contributed by atoms with Crippen molar-refractivity contribution >= 4 is 11.6 Å². The first-order valence-corrected chi connectivity index (χ1v) is 7.83. The maximum absolute atomic E-state index is 12.2. The molecule has 122 valence electrons. The van der Waals surface area contributed by atoms with Crippen molar-refractivity contribution in [1.29, 1.82) is 5.26 Å². The molecule has 0 heterocycles. The highest BCUT2D eigenvalue weighted by Gasteiger charge is 2.06. The van der Waals surface area contributed by atoms with E-state index in [0.717, 1.165) is 11.3 Å². The molecule has 0 saturated heterocycles. The lowest BCUT2D eigenvalue weighted by Gasteiger charge is -2.08. The number of benzene rings is 3. The second-order valence-electron chi connectivity index (χ2n) is 5.45. The molecular formula is C21H16N2O2. The molecule has 0 aliphatic carbocycles. The van der Waals surface area contributed by atoms with Gasteiger partial charge in [0.1, 0.15) is 12.4 Å². The zero-order valence-electron chi connectivity index (χ0n) is 13.5. The van der Waals surface area contributed by atoms with Crippen LogP contribution in [0.5, 0.6) is 5.75 Å². The molecule has 0 saturated carbocycles. The molecule has 4 nitrogen and oxygen atoms in total. The molecule has 0 fully saturated rings. The molecule has 25 heavy (non-hydrogen) atoms. The highest BCUT2D eigenvalue weighted by molar-refractivity contribution is 6.04. The normalized spacial score (nSPS) is 9.88. The second-order valence-corrected chi connectivity index (χ2v) is 5.45. The van der Waals surface area contributed by atoms with Gasteiger partial charge in [-0.2, -0.15) is 5.26 Å². The summed E-state index contributed by atoms with van der Waals surface area (Å²) < 4.78 is 5.68. The van der Waals surface area contributed by atoms with Crippen molar-refractivity contribution in [3.63, 3.8) is 0 Å². The number of nitriles is 1. The van der Waals surface area contributed by atoms with Crippen LogP contribution in [-0.2, 0) is 6.61 Å². The third-order valence-electron chi connectivity index (χ3n) is 3.62. The maximum atomic E-state index is 12.2. The monoisotopic (exact) mass is 328 g/mol. The number of carbonyl (C=O) groups excluding carboxylic acids is 1. The third-order valence-corrected chi connectivity index (χ3v) is 3.62. The number of rotatable bonds is 5. The first-order valence-electron chi connectivity index (χ1n) is 7.83. The smallest absolute Gasteiger partial charge is 0.255 e. The summed E-state index contributed by atoms with van der Waals surface area (Å²) >= 11 is 0. The summed E-state index contributed by atoms with van der Waals surface area (Å²) in [6.45, 7) is 0.371. The second kappa shape index (κ2) is 7.80. The number of nitrogens with one attached hydrogen (secondary N) is 1. The molecule has 0 aliphatic heterocycles. The molecule has 3 aromatic carbocycles. The first kappa shape index (κ1) is 16.3. The van der Waals surface area contributed by atoms with E-state index in [4.69, 9.17) is 10.00 Å². The van der Waals surface area contributed by atoms with Crippen LogP contribution in [0.15, 0.2) is 78.9 Å². The fourth-order valence-corrected chi connectivity index (χ4v) is 2.30. The minimum Gasteiger partial charge on any atom is -0.489 e. The summed E-state index contributed by atoms with van der Waals surface area (Å²) in [6.07, 6.45) is 0. The molecule has 1 amide bonds. The van der Waals surface area contributed by atoms with Crippen LogP contribution < -0.4 is 10.1 Å². The fraction of sp³-hybridized carbons (Fsp3) is 0.0476. The van der Waals surface area contributed by atoms with Gasteiger partial charge in [-0.1, -0.05) is 36.4 Å². The van der Waals surface area contributed by atoms with E-state index in [2.05, 4.69) is 11.4 Å². The number of carbonyl (C=O) groups is 1. The van der Waals surface area contributed by atoms with E-state index in [1.165, 1.54) is 0 Å². The summed E-state index contributed by atoms with van der Waals surface area (Å²) in [6, 6.07) is 25.7. The number of amides is 1. The minimum atomic E-state index is -0.152. The first-order chi connectivity index (χ1) is 12.2. The molecule has 3 rings (SSSR count). The summed E-state index contributed by atoms with van der Waals surface area (Å²) in [5.41, 5.74) is 2.85. The predicted molar refractivity (Wildman–Crippen MR) is 96.3 cm³/mol. The Bertz CT molecular complexity index is 897. The van der Waals surface area contributed by atoms with E-state index in [1.807, 2.05) is 48.5 Å². The summed E-state index contributed by atoms with van der Waals surface area (Å²) in [5.74, 6) is 0.491. The average molecular weight is 328 g/mol. The predicted octanol–water partition coefficient (Wildman–Crippen LogP) is 4.39. The Hall–Kier alpha value is -3.58. The van der Waals surface area contributed by atoms with Crippen LogP contribution in [0, 0.1) is 11.3 Å². The van der Waals surface area contributed by atoms with Gasteiger partial charge in [0.25, 0.3) is 5.91 Å². The largest absolute Gasteiger partial charge is 0.489 e. The number of anilines is 1. The molecule has 0 aliphatic rings. The van der Waals surface area contributed by atoms with Crippen LogP contribution in [0.1, 0.15) is 21.5 Å². The van der Waals surface area contributed by atoms with E-state index in [0.29, 0.717) is 23.5 Å². The van der Waals surface area contributed by atoms with Crippen molar-refractivity contribution in [2.24, 2.45) is 0 Å². The van der Waals surface area contributed by atoms with Crippen LogP contribution in [0.2, 0.25) is 0 Å². The Morgan fingerprint density at radius 1 is 0.960 bits per heavy atom. The summed E-state index contributed by atoms with van der Waals surface area (Å²) in [4.78, 5) is 12.2. The molecule has 0 atom stereocenters. The van der Waals surface area contributed by atoms with Gasteiger partial charge in [0.05, 0.1) is 11.6 Å². The van der Waals surface area contributed by atoms with Crippen molar-refractivity contribution in [2.45, 2.75) is 6.61 Å². The van der Waals surface area contributed by atoms with Crippen LogP contribution >= 0.6 is 0 Å². The van der Waals surface area contributed by atoms with Crippen molar-refractivity contribution in [2.75, 3.05) is 5.32 Å². The highest BCUT2D eigenvalue weighted by Crippen LogP contribution is 2.15. The van der Waals surface area contributed by atoms with Crippen LogP contribution in [0.25, 0.3) is 0 Å². The Labute approximate surface area is 146 Å². The molecule has 0 aromatic heterocycles. The van der Waals surface area contributed by atoms with Gasteiger partial charge in [0.2, 0.25) is 0 Å². The number of para-hydroxylation sites is 1. The van der Waals surface area contributed by atoms with Crippen molar-refractivity contribution < 1.29 is 9.53 Å². The van der Waals surface area contributed by atoms with Crippen molar-refractivity contribution in [1.82, 2.24) is 0 Å². The number of hydrogen-bond donors (Lipinski definition) is 1. The zero-order valence-corrected chi connectivity index (χ0v) is 13.5. The number of hydrogen-bond acceptors (Lipinski definition) is 3. The Morgan fingerprint density at radius 2 is 1.72 bits per heavy atom. The summed E-state index contributed by atoms with van der Waals surface area (Å²) in [5, 5.41) is 11.7. The lowest BCUT2D eigenvalue weighted by atomic mass is 10.1. The SMILES string of the molecule is N#Cc1cccc(OCc2ccc(C(=O)Nc3ccccc3)cc2)c1. The standard InChI is InChI=1S/C21H16N2O2/c22-14-17-5-4-8-20(13-17)25-15-16-9-11-18(12-10-16)21(24)23-19-6-2-1-3-7-19/h1-13H,15H2,(H,23,24). The summed E-state index contributed by atoms with van der Waals surface area (Å²) in [7, 11) is 0. The van der Waals surface area contributed by atoms with Crippen LogP contribution in [-0.4, -0.2) is 5.91 Å². The van der Waals surface area contributed by atoms with Gasteiger partial charge >= 0.3 is 0 Å². The van der Waals surface area contributed by atoms with Gasteiger partial charge in [-0.3, -0.25) is 4.79 Å². The van der Waals surface area contributed by atoms with Crippen LogP contribution in [0.4, 0.5) is 5.69 Å². The van der Waals surface area contributed by atoms with Crippen molar-refractivity contribution in [3.05, 3.63) is 95.6 Å². The van der Waals surface area contributed by atoms with Gasteiger partial charge in [0.15, 0.2) is 0 Å². The molecule has 3 aromatic rings. The number of ether oxygens (including phenoxy) is 1. The van der Waals surface area contributed by atoms with Crippen LogP contribution in [0.3, 0.4) is 0 Å². The topological polar surface area (TPSA) is 62.1 Å².